The third-order valence-electron chi connectivity index (χ3n) is 2.12. The lowest BCUT2D eigenvalue weighted by atomic mass is 9.88. The Kier molecular flexibility index (Phi) is 1.78. The second kappa shape index (κ2) is 2.27. The van der Waals surface area contributed by atoms with Gasteiger partial charge in [-0.1, -0.05) is 13.8 Å². The smallest absolute Gasteiger partial charge is 0.114 e. The maximum Gasteiger partial charge on any atom is 0.114 e. The van der Waals surface area contributed by atoms with E-state index in [-0.39, 0.29) is 6.10 Å². The van der Waals surface area contributed by atoms with Crippen molar-refractivity contribution < 1.29 is 9.84 Å². The van der Waals surface area contributed by atoms with Crippen molar-refractivity contribution in [1.82, 2.24) is 0 Å². The number of rotatable bonds is 2. The fourth-order valence-electron chi connectivity index (χ4n) is 1.22. The predicted molar refractivity (Wildman–Crippen MR) is 35.3 cm³/mol. The van der Waals surface area contributed by atoms with E-state index in [1.807, 2.05) is 13.8 Å². The lowest BCUT2D eigenvalue weighted by Gasteiger charge is -2.44. The van der Waals surface area contributed by atoms with E-state index in [1.165, 1.54) is 0 Å². The molecule has 0 aromatic carbocycles. The zero-order chi connectivity index (χ0) is 6.91. The monoisotopic (exact) mass is 130 g/mol. The Labute approximate surface area is 55.8 Å². The molecule has 2 heteroatoms. The second-order valence-corrected chi connectivity index (χ2v) is 2.67. The van der Waals surface area contributed by atoms with E-state index in [4.69, 9.17) is 4.74 Å². The molecule has 0 spiro atoms. The molecule has 0 amide bonds. The maximum atomic E-state index is 9.55. The van der Waals surface area contributed by atoms with Gasteiger partial charge in [-0.05, 0) is 12.8 Å². The third kappa shape index (κ3) is 0.970. The topological polar surface area (TPSA) is 29.5 Å². The number of aliphatic hydroxyl groups is 1. The van der Waals surface area contributed by atoms with Crippen LogP contribution in [0, 0.1) is 0 Å². The molecular formula is C7H14O2. The molecule has 0 bridgehead atoms. The lowest BCUT2D eigenvalue weighted by molar-refractivity contribution is -0.238. The van der Waals surface area contributed by atoms with Crippen molar-refractivity contribution in [3.8, 4) is 0 Å². The first kappa shape index (κ1) is 7.03. The zero-order valence-electron chi connectivity index (χ0n) is 6.05. The number of hydrogen-bond donors (Lipinski definition) is 1. The highest BCUT2D eigenvalue weighted by molar-refractivity contribution is 4.93. The van der Waals surface area contributed by atoms with Crippen LogP contribution >= 0.6 is 0 Å². The minimum absolute atomic E-state index is 0.0995. The van der Waals surface area contributed by atoms with Crippen molar-refractivity contribution in [2.45, 2.75) is 38.4 Å². The van der Waals surface area contributed by atoms with Gasteiger partial charge in [0, 0.05) is 0 Å². The molecular weight excluding hydrogens is 116 g/mol. The highest BCUT2D eigenvalue weighted by Crippen LogP contribution is 2.30. The molecule has 0 aromatic rings. The fourth-order valence-corrected chi connectivity index (χ4v) is 1.22. The van der Waals surface area contributed by atoms with E-state index in [1.54, 1.807) is 0 Å². The van der Waals surface area contributed by atoms with E-state index in [9.17, 15) is 5.11 Å². The van der Waals surface area contributed by atoms with Crippen LogP contribution in [0.15, 0.2) is 0 Å². The molecule has 2 unspecified atom stereocenters. The van der Waals surface area contributed by atoms with Crippen molar-refractivity contribution in [2.24, 2.45) is 0 Å². The lowest BCUT2D eigenvalue weighted by Crippen LogP contribution is -2.57. The van der Waals surface area contributed by atoms with Crippen LogP contribution in [0.25, 0.3) is 0 Å². The average Bonchev–Trinajstić information content (AvgIpc) is 1.85. The van der Waals surface area contributed by atoms with Crippen LogP contribution in [0.3, 0.4) is 0 Å². The minimum Gasteiger partial charge on any atom is -0.385 e. The molecule has 54 valence electrons. The Hall–Kier alpha value is -0.0800. The van der Waals surface area contributed by atoms with Gasteiger partial charge in [0.25, 0.3) is 0 Å². The van der Waals surface area contributed by atoms with Crippen LogP contribution in [-0.4, -0.2) is 23.4 Å². The molecule has 0 aromatic heterocycles. The van der Waals surface area contributed by atoms with Crippen molar-refractivity contribution in [2.75, 3.05) is 6.61 Å². The Morgan fingerprint density at radius 3 is 2.44 bits per heavy atom. The zero-order valence-corrected chi connectivity index (χ0v) is 6.05. The summed E-state index contributed by atoms with van der Waals surface area (Å²) < 4.78 is 5.14. The van der Waals surface area contributed by atoms with Gasteiger partial charge in [-0.15, -0.1) is 0 Å². The fraction of sp³-hybridized carbons (Fsp3) is 1.00. The Morgan fingerprint density at radius 2 is 2.33 bits per heavy atom. The summed E-state index contributed by atoms with van der Waals surface area (Å²) in [4.78, 5) is 0. The molecule has 0 saturated carbocycles. The minimum atomic E-state index is -0.491. The number of hydrogen-bond acceptors (Lipinski definition) is 2. The van der Waals surface area contributed by atoms with Gasteiger partial charge in [-0.2, -0.15) is 0 Å². The Morgan fingerprint density at radius 1 is 1.67 bits per heavy atom. The van der Waals surface area contributed by atoms with Gasteiger partial charge in [-0.25, -0.2) is 0 Å². The molecule has 0 aliphatic carbocycles. The van der Waals surface area contributed by atoms with Gasteiger partial charge >= 0.3 is 0 Å². The number of ether oxygens (including phenoxy) is 1. The maximum absolute atomic E-state index is 9.55. The molecule has 0 radical (unpaired) electrons. The van der Waals surface area contributed by atoms with Gasteiger partial charge in [0.05, 0.1) is 12.7 Å². The first-order valence-electron chi connectivity index (χ1n) is 3.57. The summed E-state index contributed by atoms with van der Waals surface area (Å²) in [5.74, 6) is 0. The quantitative estimate of drug-likeness (QED) is 0.602. The van der Waals surface area contributed by atoms with E-state index in [0.717, 1.165) is 12.8 Å². The molecule has 1 aliphatic heterocycles. The van der Waals surface area contributed by atoms with Gasteiger partial charge in [0.15, 0.2) is 0 Å². The molecule has 1 aliphatic rings. The summed E-state index contributed by atoms with van der Waals surface area (Å²) >= 11 is 0. The van der Waals surface area contributed by atoms with Crippen molar-refractivity contribution in [1.29, 1.82) is 0 Å². The van der Waals surface area contributed by atoms with Gasteiger partial charge in [0.2, 0.25) is 0 Å². The molecule has 1 fully saturated rings. The highest BCUT2D eigenvalue weighted by atomic mass is 16.6. The van der Waals surface area contributed by atoms with Gasteiger partial charge in [0.1, 0.15) is 5.60 Å². The standard InChI is InChI=1S/C7H14O2/c1-3-6-7(8,4-2)5-9-6/h6,8H,3-5H2,1-2H3. The van der Waals surface area contributed by atoms with Crippen molar-refractivity contribution in [3.05, 3.63) is 0 Å². The summed E-state index contributed by atoms with van der Waals surface area (Å²) in [6.45, 7) is 4.55. The van der Waals surface area contributed by atoms with Crippen LogP contribution < -0.4 is 0 Å². The molecule has 2 atom stereocenters. The molecule has 1 heterocycles. The van der Waals surface area contributed by atoms with E-state index < -0.39 is 5.60 Å². The summed E-state index contributed by atoms with van der Waals surface area (Å²) in [5, 5.41) is 9.55. The van der Waals surface area contributed by atoms with Crippen LogP contribution in [0.2, 0.25) is 0 Å². The second-order valence-electron chi connectivity index (χ2n) is 2.67. The third-order valence-corrected chi connectivity index (χ3v) is 2.12. The molecule has 9 heavy (non-hydrogen) atoms. The molecule has 1 saturated heterocycles. The van der Waals surface area contributed by atoms with Crippen LogP contribution in [-0.2, 0) is 4.74 Å². The summed E-state index contributed by atoms with van der Waals surface area (Å²) in [5.41, 5.74) is -0.491. The highest BCUT2D eigenvalue weighted by Gasteiger charge is 2.43. The van der Waals surface area contributed by atoms with Crippen LogP contribution in [0.1, 0.15) is 26.7 Å². The van der Waals surface area contributed by atoms with E-state index in [0.29, 0.717) is 6.61 Å². The van der Waals surface area contributed by atoms with Crippen LogP contribution in [0.5, 0.6) is 0 Å². The van der Waals surface area contributed by atoms with E-state index in [2.05, 4.69) is 0 Å². The van der Waals surface area contributed by atoms with Crippen molar-refractivity contribution in [3.63, 3.8) is 0 Å². The molecule has 1 rings (SSSR count). The van der Waals surface area contributed by atoms with Gasteiger partial charge in [-0.3, -0.25) is 0 Å². The Balaban J connectivity index is 2.41. The summed E-state index contributed by atoms with van der Waals surface area (Å²) in [6, 6.07) is 0. The van der Waals surface area contributed by atoms with Crippen LogP contribution in [0.4, 0.5) is 0 Å². The summed E-state index contributed by atoms with van der Waals surface area (Å²) in [6.07, 6.45) is 1.83. The van der Waals surface area contributed by atoms with Crippen molar-refractivity contribution >= 4 is 0 Å². The SMILES string of the molecule is CCC1OCC1(O)CC. The normalized spacial score (nSPS) is 42.3. The Bertz CT molecular complexity index is 97.1. The summed E-state index contributed by atoms with van der Waals surface area (Å²) in [7, 11) is 0. The van der Waals surface area contributed by atoms with E-state index >= 15 is 0 Å². The largest absolute Gasteiger partial charge is 0.385 e. The predicted octanol–water partition coefficient (Wildman–Crippen LogP) is 0.936. The molecule has 1 N–H and O–H groups in total. The first-order valence-corrected chi connectivity index (χ1v) is 3.57. The van der Waals surface area contributed by atoms with Gasteiger partial charge < -0.3 is 9.84 Å². The first-order chi connectivity index (χ1) is 4.23. The average molecular weight is 130 g/mol. The molecule has 2 nitrogen and oxygen atoms in total.